The third-order valence-electron chi connectivity index (χ3n) is 9.82. The van der Waals surface area contributed by atoms with Gasteiger partial charge in [0.1, 0.15) is 17.5 Å². The number of carboxylic acid groups (broad SMARTS) is 1. The van der Waals surface area contributed by atoms with Crippen LogP contribution in [0.25, 0.3) is 5.70 Å². The highest BCUT2D eigenvalue weighted by molar-refractivity contribution is 7.99. The molecule has 37 heavy (non-hydrogen) atoms. The van der Waals surface area contributed by atoms with E-state index in [1.807, 2.05) is 11.8 Å². The highest BCUT2D eigenvalue weighted by atomic mass is 32.2. The molecule has 5 fully saturated rings. The highest BCUT2D eigenvalue weighted by Crippen LogP contribution is 2.53. The van der Waals surface area contributed by atoms with Gasteiger partial charge in [-0.15, -0.1) is 11.8 Å². The number of rotatable bonds is 9. The lowest BCUT2D eigenvalue weighted by molar-refractivity contribution is -0.143. The largest absolute Gasteiger partial charge is 0.480 e. The van der Waals surface area contributed by atoms with Crippen molar-refractivity contribution in [2.24, 2.45) is 23.7 Å². The average molecular weight is 526 g/mol. The Labute approximate surface area is 226 Å². The molecule has 4 saturated carbocycles. The van der Waals surface area contributed by atoms with Gasteiger partial charge >= 0.3 is 5.97 Å². The van der Waals surface area contributed by atoms with Gasteiger partial charge in [-0.1, -0.05) is 25.8 Å². The quantitative estimate of drug-likeness (QED) is 0.412. The lowest BCUT2D eigenvalue weighted by Crippen LogP contribution is -2.36. The van der Waals surface area contributed by atoms with Gasteiger partial charge in [0.15, 0.2) is 0 Å². The lowest BCUT2D eigenvalue weighted by atomic mass is 9.80. The second-order valence-electron chi connectivity index (χ2n) is 12.4. The van der Waals surface area contributed by atoms with Crippen molar-refractivity contribution in [3.63, 3.8) is 0 Å². The number of aromatic nitrogens is 1. The van der Waals surface area contributed by atoms with E-state index in [1.54, 1.807) is 0 Å². The maximum atomic E-state index is 10.9. The van der Waals surface area contributed by atoms with Crippen molar-refractivity contribution in [3.8, 4) is 0 Å². The number of nitrogens with one attached hydrogen (secondary N) is 1. The van der Waals surface area contributed by atoms with E-state index in [0.717, 1.165) is 53.2 Å². The Bertz CT molecular complexity index is 996. The van der Waals surface area contributed by atoms with Crippen LogP contribution in [0, 0.1) is 23.7 Å². The molecule has 6 unspecified atom stereocenters. The van der Waals surface area contributed by atoms with Crippen LogP contribution in [0.3, 0.4) is 0 Å². The molecule has 1 aromatic rings. The summed E-state index contributed by atoms with van der Waals surface area (Å²) in [4.78, 5) is 18.4. The molecule has 7 heteroatoms. The van der Waals surface area contributed by atoms with E-state index in [1.165, 1.54) is 76.2 Å². The number of fused-ring (bicyclic) bond motifs is 2. The number of aliphatic carboxylic acids is 1. The van der Waals surface area contributed by atoms with E-state index < -0.39 is 5.97 Å². The van der Waals surface area contributed by atoms with Crippen LogP contribution in [0.1, 0.15) is 82.6 Å². The number of ether oxygens (including phenoxy) is 1. The zero-order valence-electron chi connectivity index (χ0n) is 22.1. The van der Waals surface area contributed by atoms with E-state index in [0.29, 0.717) is 17.8 Å². The molecule has 0 aromatic carbocycles. The first-order chi connectivity index (χ1) is 18.0. The van der Waals surface area contributed by atoms with Crippen molar-refractivity contribution in [2.75, 3.05) is 24.6 Å². The molecule has 4 aliphatic carbocycles. The smallest absolute Gasteiger partial charge is 0.329 e. The SMILES string of the molecule is C=C(NC1CCC2CC3CC(C2)C1C3)c1ccc(N2CCC(OCC(=O)O)C2)nc1SC1CCCCC1. The highest BCUT2D eigenvalue weighted by Gasteiger charge is 2.46. The van der Waals surface area contributed by atoms with E-state index in [2.05, 4.69) is 28.9 Å². The molecule has 3 bridgehead atoms. The van der Waals surface area contributed by atoms with Crippen molar-refractivity contribution >= 4 is 29.2 Å². The van der Waals surface area contributed by atoms with E-state index in [-0.39, 0.29) is 12.7 Å². The van der Waals surface area contributed by atoms with Crippen LogP contribution in [-0.2, 0) is 9.53 Å². The zero-order chi connectivity index (χ0) is 25.4. The molecule has 0 spiro atoms. The second-order valence-corrected chi connectivity index (χ2v) is 13.7. The molecule has 5 aliphatic rings. The summed E-state index contributed by atoms with van der Waals surface area (Å²) in [7, 11) is 0. The van der Waals surface area contributed by atoms with Crippen LogP contribution in [0.5, 0.6) is 0 Å². The summed E-state index contributed by atoms with van der Waals surface area (Å²) in [5.41, 5.74) is 2.22. The fraction of sp³-hybridized carbons (Fsp3) is 0.733. The predicted octanol–water partition coefficient (Wildman–Crippen LogP) is 5.96. The fourth-order valence-electron chi connectivity index (χ4n) is 8.10. The molecule has 1 aromatic heterocycles. The number of anilines is 1. The molecule has 6 atom stereocenters. The number of carbonyl (C=O) groups is 1. The van der Waals surface area contributed by atoms with Crippen molar-refractivity contribution in [3.05, 3.63) is 24.3 Å². The summed E-state index contributed by atoms with van der Waals surface area (Å²) < 4.78 is 5.57. The van der Waals surface area contributed by atoms with Gasteiger partial charge in [-0.05, 0) is 93.6 Å². The summed E-state index contributed by atoms with van der Waals surface area (Å²) in [5.74, 6) is 3.71. The number of thioether (sulfide) groups is 1. The Morgan fingerprint density at radius 3 is 2.76 bits per heavy atom. The van der Waals surface area contributed by atoms with Gasteiger partial charge in [0.25, 0.3) is 0 Å². The molecule has 1 aliphatic heterocycles. The molecule has 6 rings (SSSR count). The van der Waals surface area contributed by atoms with Gasteiger partial charge < -0.3 is 20.1 Å². The summed E-state index contributed by atoms with van der Waals surface area (Å²) in [6, 6.07) is 4.91. The van der Waals surface area contributed by atoms with Crippen LogP contribution >= 0.6 is 11.8 Å². The number of hydrogen-bond donors (Lipinski definition) is 2. The third-order valence-corrected chi connectivity index (χ3v) is 11.2. The topological polar surface area (TPSA) is 74.7 Å². The van der Waals surface area contributed by atoms with Gasteiger partial charge in [0, 0.05) is 35.6 Å². The Balaban J connectivity index is 1.19. The van der Waals surface area contributed by atoms with E-state index in [9.17, 15) is 4.79 Å². The molecular formula is C30H43N3O3S. The maximum Gasteiger partial charge on any atom is 0.329 e. The Kier molecular flexibility index (Phi) is 7.71. The number of nitrogens with zero attached hydrogens (tertiary/aromatic N) is 2. The van der Waals surface area contributed by atoms with Gasteiger partial charge in [0.2, 0.25) is 0 Å². The van der Waals surface area contributed by atoms with Crippen LogP contribution in [-0.4, -0.2) is 53.2 Å². The maximum absolute atomic E-state index is 10.9. The molecule has 0 amide bonds. The summed E-state index contributed by atoms with van der Waals surface area (Å²) in [5, 5.41) is 14.6. The standard InChI is InChI=1S/C30H43N3O3S/c1-19(31-27-9-7-20-13-21-15-22(14-20)26(27)16-21)25-8-10-28(32-30(25)37-24-5-3-2-4-6-24)33-12-11-23(17-33)36-18-29(34)35/h8,10,20-24,26-27,31H,1-7,9,11-18H2,(H,34,35). The molecular weight excluding hydrogens is 482 g/mol. The number of carboxylic acids is 1. The van der Waals surface area contributed by atoms with Crippen molar-refractivity contribution in [1.82, 2.24) is 10.3 Å². The van der Waals surface area contributed by atoms with Gasteiger partial charge in [-0.3, -0.25) is 0 Å². The molecule has 2 heterocycles. The summed E-state index contributed by atoms with van der Waals surface area (Å²) >= 11 is 1.95. The van der Waals surface area contributed by atoms with Crippen molar-refractivity contribution in [2.45, 2.75) is 99.5 Å². The van der Waals surface area contributed by atoms with Gasteiger partial charge in [-0.2, -0.15) is 0 Å². The number of pyridine rings is 1. The van der Waals surface area contributed by atoms with Crippen LogP contribution < -0.4 is 10.2 Å². The average Bonchev–Trinajstić information content (AvgIpc) is 3.46. The first-order valence-electron chi connectivity index (χ1n) is 14.7. The summed E-state index contributed by atoms with van der Waals surface area (Å²) in [6.45, 7) is 5.88. The second kappa shape index (κ2) is 11.2. The molecule has 6 nitrogen and oxygen atoms in total. The molecule has 2 N–H and O–H groups in total. The molecule has 0 radical (unpaired) electrons. The predicted molar refractivity (Wildman–Crippen MR) is 149 cm³/mol. The van der Waals surface area contributed by atoms with E-state index in [4.69, 9.17) is 14.8 Å². The Morgan fingerprint density at radius 1 is 1.08 bits per heavy atom. The molecule has 1 saturated heterocycles. The third kappa shape index (κ3) is 5.83. The van der Waals surface area contributed by atoms with Gasteiger partial charge in [0.05, 0.1) is 6.10 Å². The van der Waals surface area contributed by atoms with Crippen molar-refractivity contribution in [1.29, 1.82) is 0 Å². The first-order valence-corrected chi connectivity index (χ1v) is 15.6. The fourth-order valence-corrected chi connectivity index (χ4v) is 9.45. The molecule has 202 valence electrons. The first kappa shape index (κ1) is 25.5. The normalized spacial score (nSPS) is 33.5. The van der Waals surface area contributed by atoms with Crippen LogP contribution in [0.4, 0.5) is 5.82 Å². The lowest BCUT2D eigenvalue weighted by Gasteiger charge is -2.30. The zero-order valence-corrected chi connectivity index (χ0v) is 22.9. The van der Waals surface area contributed by atoms with Crippen molar-refractivity contribution < 1.29 is 14.6 Å². The Morgan fingerprint density at radius 2 is 1.92 bits per heavy atom. The number of hydrogen-bond acceptors (Lipinski definition) is 6. The Hall–Kier alpha value is -1.73. The van der Waals surface area contributed by atoms with Crippen LogP contribution in [0.2, 0.25) is 0 Å². The minimum atomic E-state index is -0.910. The summed E-state index contributed by atoms with van der Waals surface area (Å²) in [6.07, 6.45) is 15.7. The van der Waals surface area contributed by atoms with Crippen LogP contribution in [0.15, 0.2) is 23.7 Å². The minimum Gasteiger partial charge on any atom is -0.480 e. The van der Waals surface area contributed by atoms with Gasteiger partial charge in [-0.25, -0.2) is 9.78 Å². The monoisotopic (exact) mass is 525 g/mol. The van der Waals surface area contributed by atoms with E-state index >= 15 is 0 Å². The minimum absolute atomic E-state index is 0.0514.